The molecule has 0 spiro atoms. The van der Waals surface area contributed by atoms with Crippen LogP contribution in [0.25, 0.3) is 11.4 Å². The van der Waals surface area contributed by atoms with E-state index in [-0.39, 0.29) is 18.0 Å². The van der Waals surface area contributed by atoms with Crippen molar-refractivity contribution >= 4 is 23.2 Å². The molecule has 0 fully saturated rings. The van der Waals surface area contributed by atoms with Crippen LogP contribution in [-0.4, -0.2) is 15.5 Å². The first-order valence-corrected chi connectivity index (χ1v) is 10.6. The van der Waals surface area contributed by atoms with E-state index in [1.165, 1.54) is 16.2 Å². The van der Waals surface area contributed by atoms with Gasteiger partial charge in [-0.05, 0) is 49.1 Å². The third-order valence-corrected chi connectivity index (χ3v) is 5.10. The summed E-state index contributed by atoms with van der Waals surface area (Å²) in [4.78, 5) is 30.0. The molecule has 1 heterocycles. The van der Waals surface area contributed by atoms with Crippen molar-refractivity contribution in [2.75, 3.05) is 5.32 Å². The first kappa shape index (κ1) is 21.8. The quantitative estimate of drug-likeness (QED) is 0.547. The van der Waals surface area contributed by atoms with Crippen LogP contribution in [0.1, 0.15) is 37.9 Å². The predicted octanol–water partition coefficient (Wildman–Crippen LogP) is 5.11. The van der Waals surface area contributed by atoms with E-state index in [2.05, 4.69) is 17.2 Å². The molecule has 30 heavy (non-hydrogen) atoms. The van der Waals surface area contributed by atoms with Gasteiger partial charge in [-0.15, -0.1) is 0 Å². The molecule has 3 aromatic rings. The van der Waals surface area contributed by atoms with Crippen molar-refractivity contribution in [3.63, 3.8) is 0 Å². The molecule has 2 aromatic carbocycles. The standard InChI is InChI=1S/C24H26ClN3O2/c1-3-5-7-17-10-12-21(13-11-17)26-22(29)16-28-23(30)15-20(4-2)27-24(28)18-8-6-9-19(25)14-18/h6,8-15H,3-5,7,16H2,1-2H3,(H,26,29). The van der Waals surface area contributed by atoms with Crippen molar-refractivity contribution in [3.05, 3.63) is 81.2 Å². The lowest BCUT2D eigenvalue weighted by molar-refractivity contribution is -0.116. The number of anilines is 1. The fourth-order valence-corrected chi connectivity index (χ4v) is 3.41. The summed E-state index contributed by atoms with van der Waals surface area (Å²) in [5.41, 5.74) is 3.06. The highest BCUT2D eigenvalue weighted by Crippen LogP contribution is 2.21. The molecule has 6 heteroatoms. The smallest absolute Gasteiger partial charge is 0.254 e. The third-order valence-electron chi connectivity index (χ3n) is 4.86. The minimum Gasteiger partial charge on any atom is -0.325 e. The van der Waals surface area contributed by atoms with E-state index in [1.807, 2.05) is 37.3 Å². The summed E-state index contributed by atoms with van der Waals surface area (Å²) >= 11 is 6.12. The van der Waals surface area contributed by atoms with E-state index in [0.29, 0.717) is 34.2 Å². The Kier molecular flexibility index (Phi) is 7.41. The number of nitrogens with zero attached hydrogens (tertiary/aromatic N) is 2. The van der Waals surface area contributed by atoms with Crippen molar-refractivity contribution < 1.29 is 4.79 Å². The van der Waals surface area contributed by atoms with Crippen LogP contribution in [0.3, 0.4) is 0 Å². The highest BCUT2D eigenvalue weighted by atomic mass is 35.5. The topological polar surface area (TPSA) is 64.0 Å². The number of amides is 1. The van der Waals surface area contributed by atoms with E-state index in [9.17, 15) is 9.59 Å². The first-order chi connectivity index (χ1) is 14.5. The van der Waals surface area contributed by atoms with Crippen molar-refractivity contribution in [3.8, 4) is 11.4 Å². The maximum Gasteiger partial charge on any atom is 0.254 e. The average Bonchev–Trinajstić information content (AvgIpc) is 2.74. The number of hydrogen-bond donors (Lipinski definition) is 1. The van der Waals surface area contributed by atoms with Gasteiger partial charge in [-0.3, -0.25) is 14.2 Å². The molecule has 0 bridgehead atoms. The van der Waals surface area contributed by atoms with E-state index in [1.54, 1.807) is 18.2 Å². The molecular weight excluding hydrogens is 398 g/mol. The molecule has 0 aliphatic rings. The SMILES string of the molecule is CCCCc1ccc(NC(=O)Cn2c(-c3cccc(Cl)c3)nc(CC)cc2=O)cc1. The lowest BCUT2D eigenvalue weighted by Gasteiger charge is -2.14. The zero-order valence-electron chi connectivity index (χ0n) is 17.3. The van der Waals surface area contributed by atoms with Gasteiger partial charge in [0.25, 0.3) is 5.56 Å². The van der Waals surface area contributed by atoms with Gasteiger partial charge in [-0.2, -0.15) is 0 Å². The van der Waals surface area contributed by atoms with Crippen LogP contribution < -0.4 is 10.9 Å². The molecule has 0 saturated carbocycles. The second kappa shape index (κ2) is 10.2. The summed E-state index contributed by atoms with van der Waals surface area (Å²) < 4.78 is 1.38. The minimum atomic E-state index is -0.285. The van der Waals surface area contributed by atoms with Gasteiger partial charge in [0, 0.05) is 28.0 Å². The monoisotopic (exact) mass is 423 g/mol. The van der Waals surface area contributed by atoms with E-state index in [4.69, 9.17) is 11.6 Å². The molecular formula is C24H26ClN3O2. The molecule has 1 N–H and O–H groups in total. The molecule has 156 valence electrons. The summed E-state index contributed by atoms with van der Waals surface area (Å²) in [5.74, 6) is 0.152. The third kappa shape index (κ3) is 5.57. The maximum absolute atomic E-state index is 12.7. The number of unbranched alkanes of at least 4 members (excludes halogenated alkanes) is 1. The minimum absolute atomic E-state index is 0.130. The fraction of sp³-hybridized carbons (Fsp3) is 0.292. The number of aryl methyl sites for hydroxylation is 2. The molecule has 0 aliphatic carbocycles. The van der Waals surface area contributed by atoms with Crippen molar-refractivity contribution in [2.24, 2.45) is 0 Å². The largest absolute Gasteiger partial charge is 0.325 e. The highest BCUT2D eigenvalue weighted by Gasteiger charge is 2.14. The van der Waals surface area contributed by atoms with Crippen LogP contribution >= 0.6 is 11.6 Å². The highest BCUT2D eigenvalue weighted by molar-refractivity contribution is 6.30. The molecule has 1 aromatic heterocycles. The summed E-state index contributed by atoms with van der Waals surface area (Å²) in [6.45, 7) is 3.97. The second-order valence-corrected chi connectivity index (χ2v) is 7.64. The lowest BCUT2D eigenvalue weighted by Crippen LogP contribution is -2.30. The predicted molar refractivity (Wildman–Crippen MR) is 122 cm³/mol. The number of halogens is 1. The van der Waals surface area contributed by atoms with Gasteiger partial charge >= 0.3 is 0 Å². The van der Waals surface area contributed by atoms with Crippen LogP contribution in [-0.2, 0) is 24.2 Å². The number of carbonyl (C=O) groups excluding carboxylic acids is 1. The van der Waals surface area contributed by atoms with Gasteiger partial charge in [-0.25, -0.2) is 4.98 Å². The maximum atomic E-state index is 12.7. The van der Waals surface area contributed by atoms with Gasteiger partial charge in [0.1, 0.15) is 12.4 Å². The first-order valence-electron chi connectivity index (χ1n) is 10.3. The Morgan fingerprint density at radius 1 is 1.10 bits per heavy atom. The van der Waals surface area contributed by atoms with E-state index < -0.39 is 0 Å². The molecule has 0 atom stereocenters. The Labute approximate surface area is 181 Å². The van der Waals surface area contributed by atoms with Crippen LogP contribution in [0.15, 0.2) is 59.4 Å². The Morgan fingerprint density at radius 2 is 1.87 bits per heavy atom. The molecule has 3 rings (SSSR count). The van der Waals surface area contributed by atoms with E-state index in [0.717, 1.165) is 19.3 Å². The number of rotatable bonds is 8. The number of carbonyl (C=O) groups is 1. The molecule has 0 saturated heterocycles. The molecule has 0 aliphatic heterocycles. The van der Waals surface area contributed by atoms with Crippen molar-refractivity contribution in [1.29, 1.82) is 0 Å². The van der Waals surface area contributed by atoms with Gasteiger partial charge in [0.2, 0.25) is 5.91 Å². The Bertz CT molecular complexity index is 1070. The van der Waals surface area contributed by atoms with Crippen LogP contribution in [0.4, 0.5) is 5.69 Å². The Balaban J connectivity index is 1.83. The Hall–Kier alpha value is -2.92. The van der Waals surface area contributed by atoms with Gasteiger partial charge < -0.3 is 5.32 Å². The fourth-order valence-electron chi connectivity index (χ4n) is 3.22. The van der Waals surface area contributed by atoms with Gasteiger partial charge in [-0.1, -0.05) is 56.1 Å². The van der Waals surface area contributed by atoms with E-state index >= 15 is 0 Å². The summed E-state index contributed by atoms with van der Waals surface area (Å²) in [5, 5.41) is 3.41. The summed E-state index contributed by atoms with van der Waals surface area (Å²) in [7, 11) is 0. The molecule has 1 amide bonds. The zero-order chi connectivity index (χ0) is 21.5. The summed E-state index contributed by atoms with van der Waals surface area (Å²) in [6.07, 6.45) is 3.94. The zero-order valence-corrected chi connectivity index (χ0v) is 18.1. The van der Waals surface area contributed by atoms with Crippen LogP contribution in [0.2, 0.25) is 5.02 Å². The number of benzene rings is 2. The van der Waals surface area contributed by atoms with Crippen molar-refractivity contribution in [2.45, 2.75) is 46.1 Å². The second-order valence-electron chi connectivity index (χ2n) is 7.21. The Morgan fingerprint density at radius 3 is 2.53 bits per heavy atom. The summed E-state index contributed by atoms with van der Waals surface area (Å²) in [6, 6.07) is 16.4. The van der Waals surface area contributed by atoms with Crippen LogP contribution in [0.5, 0.6) is 0 Å². The van der Waals surface area contributed by atoms with Crippen LogP contribution in [0, 0.1) is 0 Å². The molecule has 0 radical (unpaired) electrons. The number of hydrogen-bond acceptors (Lipinski definition) is 3. The number of aromatic nitrogens is 2. The number of nitrogens with one attached hydrogen (secondary N) is 1. The van der Waals surface area contributed by atoms with Gasteiger partial charge in [0.05, 0.1) is 0 Å². The van der Waals surface area contributed by atoms with Crippen molar-refractivity contribution in [1.82, 2.24) is 9.55 Å². The lowest BCUT2D eigenvalue weighted by atomic mass is 10.1. The average molecular weight is 424 g/mol. The van der Waals surface area contributed by atoms with Gasteiger partial charge in [0.15, 0.2) is 0 Å². The molecule has 0 unspecified atom stereocenters. The normalized spacial score (nSPS) is 10.8. The molecule has 5 nitrogen and oxygen atoms in total.